The third-order valence-electron chi connectivity index (χ3n) is 4.33. The standard InChI is InChI=1S/C19H23N5O/c1-3-24(4-2)18-10-9-17(22-23-18)19(25)20-12-11-14-13-21-16-8-6-5-7-15(14)16/h5-10,13,21H,3-4,11-12H2,1-2H3,(H,20,25). The van der Waals surface area contributed by atoms with Crippen LogP contribution in [0.25, 0.3) is 10.9 Å². The predicted molar refractivity (Wildman–Crippen MR) is 99.9 cm³/mol. The van der Waals surface area contributed by atoms with Crippen molar-refractivity contribution in [1.82, 2.24) is 20.5 Å². The number of hydrogen-bond donors (Lipinski definition) is 2. The van der Waals surface area contributed by atoms with Crippen molar-refractivity contribution >= 4 is 22.6 Å². The minimum Gasteiger partial charge on any atom is -0.361 e. The Hall–Kier alpha value is -2.89. The van der Waals surface area contributed by atoms with E-state index in [9.17, 15) is 4.79 Å². The van der Waals surface area contributed by atoms with Gasteiger partial charge in [0.25, 0.3) is 5.91 Å². The lowest BCUT2D eigenvalue weighted by Gasteiger charge is -2.18. The van der Waals surface area contributed by atoms with Crippen LogP contribution < -0.4 is 10.2 Å². The summed E-state index contributed by atoms with van der Waals surface area (Å²) in [6.45, 7) is 6.41. The third-order valence-corrected chi connectivity index (χ3v) is 4.33. The number of benzene rings is 1. The molecule has 25 heavy (non-hydrogen) atoms. The molecule has 0 bridgehead atoms. The highest BCUT2D eigenvalue weighted by molar-refractivity contribution is 5.92. The van der Waals surface area contributed by atoms with Gasteiger partial charge in [-0.15, -0.1) is 10.2 Å². The molecule has 0 radical (unpaired) electrons. The Kier molecular flexibility index (Phi) is 5.28. The Bertz CT molecular complexity index is 836. The summed E-state index contributed by atoms with van der Waals surface area (Å²) >= 11 is 0. The molecule has 0 aliphatic carbocycles. The molecule has 0 atom stereocenters. The number of rotatable bonds is 7. The van der Waals surface area contributed by atoms with Gasteiger partial charge >= 0.3 is 0 Å². The van der Waals surface area contributed by atoms with Gasteiger partial charge in [-0.3, -0.25) is 4.79 Å². The molecule has 130 valence electrons. The first-order valence-corrected chi connectivity index (χ1v) is 8.64. The van der Waals surface area contributed by atoms with E-state index in [-0.39, 0.29) is 5.91 Å². The minimum atomic E-state index is -0.196. The lowest BCUT2D eigenvalue weighted by molar-refractivity contribution is 0.0948. The molecule has 0 saturated heterocycles. The van der Waals surface area contributed by atoms with Crippen molar-refractivity contribution in [3.63, 3.8) is 0 Å². The largest absolute Gasteiger partial charge is 0.361 e. The second kappa shape index (κ2) is 7.79. The molecule has 0 saturated carbocycles. The number of aromatic nitrogens is 3. The lowest BCUT2D eigenvalue weighted by atomic mass is 10.1. The molecule has 2 aromatic heterocycles. The summed E-state index contributed by atoms with van der Waals surface area (Å²) < 4.78 is 0. The molecular formula is C19H23N5O. The second-order valence-corrected chi connectivity index (χ2v) is 5.81. The van der Waals surface area contributed by atoms with Crippen LogP contribution >= 0.6 is 0 Å². The first-order valence-electron chi connectivity index (χ1n) is 8.64. The number of amides is 1. The van der Waals surface area contributed by atoms with Crippen LogP contribution in [0.3, 0.4) is 0 Å². The van der Waals surface area contributed by atoms with E-state index in [1.807, 2.05) is 30.5 Å². The van der Waals surface area contributed by atoms with Crippen molar-refractivity contribution in [3.05, 3.63) is 53.9 Å². The SMILES string of the molecule is CCN(CC)c1ccc(C(=O)NCCc2c[nH]c3ccccc23)nn1. The van der Waals surface area contributed by atoms with Crippen LogP contribution in [0.1, 0.15) is 29.9 Å². The van der Waals surface area contributed by atoms with Gasteiger partial charge in [0, 0.05) is 36.7 Å². The normalized spacial score (nSPS) is 10.8. The summed E-state index contributed by atoms with van der Waals surface area (Å²) in [6, 6.07) is 11.7. The Morgan fingerprint density at radius 1 is 1.12 bits per heavy atom. The number of carbonyl (C=O) groups is 1. The van der Waals surface area contributed by atoms with Crippen LogP contribution in [0, 0.1) is 0 Å². The third kappa shape index (κ3) is 3.79. The van der Waals surface area contributed by atoms with Crippen LogP contribution in [0.2, 0.25) is 0 Å². The molecule has 6 heteroatoms. The van der Waals surface area contributed by atoms with Gasteiger partial charge in [-0.05, 0) is 44.0 Å². The summed E-state index contributed by atoms with van der Waals surface area (Å²) in [7, 11) is 0. The molecule has 0 aliphatic heterocycles. The highest BCUT2D eigenvalue weighted by Gasteiger charge is 2.10. The maximum Gasteiger partial charge on any atom is 0.271 e. The van der Waals surface area contributed by atoms with Gasteiger partial charge in [-0.2, -0.15) is 0 Å². The molecule has 0 aliphatic rings. The highest BCUT2D eigenvalue weighted by Crippen LogP contribution is 2.17. The molecule has 0 fully saturated rings. The van der Waals surface area contributed by atoms with Crippen LogP contribution in [-0.2, 0) is 6.42 Å². The Morgan fingerprint density at radius 2 is 1.92 bits per heavy atom. The molecule has 2 N–H and O–H groups in total. The van der Waals surface area contributed by atoms with Gasteiger partial charge in [0.2, 0.25) is 0 Å². The zero-order valence-electron chi connectivity index (χ0n) is 14.6. The summed E-state index contributed by atoms with van der Waals surface area (Å²) in [5.74, 6) is 0.596. The van der Waals surface area contributed by atoms with Crippen LogP contribution in [0.4, 0.5) is 5.82 Å². The Balaban J connectivity index is 1.57. The average Bonchev–Trinajstić information content (AvgIpc) is 3.06. The second-order valence-electron chi connectivity index (χ2n) is 5.81. The number of nitrogens with zero attached hydrogens (tertiary/aromatic N) is 3. The van der Waals surface area contributed by atoms with Crippen molar-refractivity contribution in [3.8, 4) is 0 Å². The van der Waals surface area contributed by atoms with Crippen LogP contribution in [0.5, 0.6) is 0 Å². The van der Waals surface area contributed by atoms with Crippen LogP contribution in [0.15, 0.2) is 42.6 Å². The quantitative estimate of drug-likeness (QED) is 0.695. The number of para-hydroxylation sites is 1. The van der Waals surface area contributed by atoms with Crippen molar-refractivity contribution in [2.24, 2.45) is 0 Å². The Labute approximate surface area is 147 Å². The van der Waals surface area contributed by atoms with E-state index in [1.165, 1.54) is 10.9 Å². The van der Waals surface area contributed by atoms with E-state index in [0.717, 1.165) is 30.8 Å². The van der Waals surface area contributed by atoms with E-state index in [4.69, 9.17) is 0 Å². The number of nitrogens with one attached hydrogen (secondary N) is 2. The van der Waals surface area contributed by atoms with E-state index in [2.05, 4.69) is 45.3 Å². The molecular weight excluding hydrogens is 314 g/mol. The molecule has 3 aromatic rings. The smallest absolute Gasteiger partial charge is 0.271 e. The molecule has 1 amide bonds. The maximum absolute atomic E-state index is 12.2. The number of anilines is 1. The van der Waals surface area contributed by atoms with Gasteiger partial charge in [0.05, 0.1) is 0 Å². The summed E-state index contributed by atoms with van der Waals surface area (Å²) in [4.78, 5) is 17.6. The summed E-state index contributed by atoms with van der Waals surface area (Å²) in [5.41, 5.74) is 2.65. The van der Waals surface area contributed by atoms with Crippen molar-refractivity contribution < 1.29 is 4.79 Å². The van der Waals surface area contributed by atoms with Crippen molar-refractivity contribution in [2.75, 3.05) is 24.5 Å². The number of carbonyl (C=O) groups excluding carboxylic acids is 1. The summed E-state index contributed by atoms with van der Waals surface area (Å²) in [6.07, 6.45) is 2.76. The van der Waals surface area contributed by atoms with Crippen molar-refractivity contribution in [1.29, 1.82) is 0 Å². The van der Waals surface area contributed by atoms with Gasteiger partial charge in [0.1, 0.15) is 0 Å². The van der Waals surface area contributed by atoms with E-state index >= 15 is 0 Å². The fourth-order valence-electron chi connectivity index (χ4n) is 2.90. The molecule has 2 heterocycles. The number of hydrogen-bond acceptors (Lipinski definition) is 4. The number of fused-ring (bicyclic) bond motifs is 1. The van der Waals surface area contributed by atoms with Crippen LogP contribution in [-0.4, -0.2) is 40.7 Å². The summed E-state index contributed by atoms with van der Waals surface area (Å²) in [5, 5.41) is 12.3. The van der Waals surface area contributed by atoms with E-state index in [1.54, 1.807) is 6.07 Å². The highest BCUT2D eigenvalue weighted by atomic mass is 16.1. The first kappa shape index (κ1) is 17.0. The van der Waals surface area contributed by atoms with Gasteiger partial charge < -0.3 is 15.2 Å². The maximum atomic E-state index is 12.2. The zero-order chi connectivity index (χ0) is 17.6. The molecule has 3 rings (SSSR count). The Morgan fingerprint density at radius 3 is 2.64 bits per heavy atom. The van der Waals surface area contributed by atoms with Crippen molar-refractivity contribution in [2.45, 2.75) is 20.3 Å². The van der Waals surface area contributed by atoms with Gasteiger partial charge in [-0.1, -0.05) is 18.2 Å². The average molecular weight is 337 g/mol. The molecule has 6 nitrogen and oxygen atoms in total. The molecule has 0 unspecified atom stereocenters. The monoisotopic (exact) mass is 337 g/mol. The zero-order valence-corrected chi connectivity index (χ0v) is 14.6. The first-order chi connectivity index (χ1) is 12.2. The minimum absolute atomic E-state index is 0.196. The topological polar surface area (TPSA) is 73.9 Å². The lowest BCUT2D eigenvalue weighted by Crippen LogP contribution is -2.28. The molecule has 1 aromatic carbocycles. The van der Waals surface area contributed by atoms with E-state index < -0.39 is 0 Å². The predicted octanol–water partition coefficient (Wildman–Crippen LogP) is 2.78. The fraction of sp³-hybridized carbons (Fsp3) is 0.316. The van der Waals surface area contributed by atoms with E-state index in [0.29, 0.717) is 12.2 Å². The van der Waals surface area contributed by atoms with Gasteiger partial charge in [0.15, 0.2) is 11.5 Å². The fourth-order valence-corrected chi connectivity index (χ4v) is 2.90. The van der Waals surface area contributed by atoms with Gasteiger partial charge in [-0.25, -0.2) is 0 Å². The molecule has 0 spiro atoms. The number of H-pyrrole nitrogens is 1. The number of aromatic amines is 1.